The SMILES string of the molecule is CCCCc1ccc(C(=O)CCC)cc1. The fraction of sp³-hybridized carbons (Fsp3) is 0.500. The summed E-state index contributed by atoms with van der Waals surface area (Å²) < 4.78 is 0. The minimum atomic E-state index is 0.263. The molecule has 0 radical (unpaired) electrons. The van der Waals surface area contributed by atoms with Crippen LogP contribution in [0.3, 0.4) is 0 Å². The zero-order chi connectivity index (χ0) is 11.1. The van der Waals surface area contributed by atoms with Crippen LogP contribution in [-0.2, 0) is 6.42 Å². The Bertz CT molecular complexity index is 298. The van der Waals surface area contributed by atoms with Crippen molar-refractivity contribution >= 4 is 5.78 Å². The molecule has 0 aliphatic heterocycles. The minimum absolute atomic E-state index is 0.263. The maximum atomic E-state index is 11.6. The lowest BCUT2D eigenvalue weighted by Gasteiger charge is -2.02. The Hall–Kier alpha value is -1.11. The summed E-state index contributed by atoms with van der Waals surface area (Å²) >= 11 is 0. The number of carbonyl (C=O) groups is 1. The van der Waals surface area contributed by atoms with E-state index in [2.05, 4.69) is 19.1 Å². The molecule has 0 unspecified atom stereocenters. The number of ketones is 1. The van der Waals surface area contributed by atoms with Crippen molar-refractivity contribution in [3.8, 4) is 0 Å². The normalized spacial score (nSPS) is 10.3. The van der Waals surface area contributed by atoms with E-state index in [0.717, 1.165) is 18.4 Å². The molecule has 0 aliphatic carbocycles. The Morgan fingerprint density at radius 3 is 2.27 bits per heavy atom. The fourth-order valence-corrected chi connectivity index (χ4v) is 1.61. The van der Waals surface area contributed by atoms with Gasteiger partial charge in [0.05, 0.1) is 0 Å². The van der Waals surface area contributed by atoms with E-state index in [1.165, 1.54) is 18.4 Å². The predicted octanol–water partition coefficient (Wildman–Crippen LogP) is 4.01. The molecule has 0 heterocycles. The summed E-state index contributed by atoms with van der Waals surface area (Å²) in [7, 11) is 0. The predicted molar refractivity (Wildman–Crippen MR) is 64.3 cm³/mol. The quantitative estimate of drug-likeness (QED) is 0.640. The molecule has 1 nitrogen and oxygen atoms in total. The standard InChI is InChI=1S/C14H20O/c1-3-5-7-12-8-10-13(11-9-12)14(15)6-4-2/h8-11H,3-7H2,1-2H3. The highest BCUT2D eigenvalue weighted by Crippen LogP contribution is 2.10. The summed E-state index contributed by atoms with van der Waals surface area (Å²) in [5.74, 6) is 0.263. The highest BCUT2D eigenvalue weighted by atomic mass is 16.1. The maximum Gasteiger partial charge on any atom is 0.162 e. The second kappa shape index (κ2) is 6.39. The number of carbonyl (C=O) groups excluding carboxylic acids is 1. The highest BCUT2D eigenvalue weighted by Gasteiger charge is 2.03. The Kier molecular flexibility index (Phi) is 5.09. The molecule has 1 aromatic rings. The smallest absolute Gasteiger partial charge is 0.162 e. The summed E-state index contributed by atoms with van der Waals surface area (Å²) in [6.07, 6.45) is 5.16. The van der Waals surface area contributed by atoms with Crippen molar-refractivity contribution in [1.82, 2.24) is 0 Å². The first-order valence-electron chi connectivity index (χ1n) is 5.90. The van der Waals surface area contributed by atoms with E-state index in [1.807, 2.05) is 19.1 Å². The molecule has 0 N–H and O–H groups in total. The number of hydrogen-bond acceptors (Lipinski definition) is 1. The van der Waals surface area contributed by atoms with Gasteiger partial charge in [0.1, 0.15) is 0 Å². The molecule has 0 saturated carbocycles. The molecule has 0 spiro atoms. The highest BCUT2D eigenvalue weighted by molar-refractivity contribution is 5.95. The molecule has 1 heteroatoms. The molecule has 0 aromatic heterocycles. The van der Waals surface area contributed by atoms with Gasteiger partial charge in [0.25, 0.3) is 0 Å². The Morgan fingerprint density at radius 2 is 1.73 bits per heavy atom. The van der Waals surface area contributed by atoms with Crippen LogP contribution in [0.2, 0.25) is 0 Å². The number of aryl methyl sites for hydroxylation is 1. The Labute approximate surface area is 92.5 Å². The van der Waals surface area contributed by atoms with Crippen molar-refractivity contribution in [1.29, 1.82) is 0 Å². The van der Waals surface area contributed by atoms with Crippen LogP contribution in [0.4, 0.5) is 0 Å². The van der Waals surface area contributed by atoms with Gasteiger partial charge >= 0.3 is 0 Å². The van der Waals surface area contributed by atoms with Gasteiger partial charge in [-0.15, -0.1) is 0 Å². The molecule has 0 saturated heterocycles. The van der Waals surface area contributed by atoms with Crippen LogP contribution < -0.4 is 0 Å². The third-order valence-electron chi connectivity index (χ3n) is 2.57. The molecule has 0 amide bonds. The minimum Gasteiger partial charge on any atom is -0.294 e. The van der Waals surface area contributed by atoms with Crippen molar-refractivity contribution in [3.63, 3.8) is 0 Å². The average molecular weight is 204 g/mol. The van der Waals surface area contributed by atoms with Gasteiger partial charge in [-0.1, -0.05) is 44.5 Å². The van der Waals surface area contributed by atoms with Crippen LogP contribution >= 0.6 is 0 Å². The van der Waals surface area contributed by atoms with Gasteiger partial charge in [-0.3, -0.25) is 4.79 Å². The van der Waals surface area contributed by atoms with E-state index in [9.17, 15) is 4.79 Å². The third kappa shape index (κ3) is 3.86. The van der Waals surface area contributed by atoms with Crippen LogP contribution in [0.25, 0.3) is 0 Å². The molecule has 15 heavy (non-hydrogen) atoms. The van der Waals surface area contributed by atoms with Gasteiger partial charge in [-0.05, 0) is 24.8 Å². The number of hydrogen-bond donors (Lipinski definition) is 0. The first-order valence-corrected chi connectivity index (χ1v) is 5.90. The molecule has 1 aromatic carbocycles. The van der Waals surface area contributed by atoms with Crippen molar-refractivity contribution in [3.05, 3.63) is 35.4 Å². The zero-order valence-corrected chi connectivity index (χ0v) is 9.75. The summed E-state index contributed by atoms with van der Waals surface area (Å²) in [5, 5.41) is 0. The summed E-state index contributed by atoms with van der Waals surface area (Å²) in [6.45, 7) is 4.23. The number of Topliss-reactive ketones (excluding diaryl/α,β-unsaturated/α-hetero) is 1. The third-order valence-corrected chi connectivity index (χ3v) is 2.57. The van der Waals surface area contributed by atoms with Crippen LogP contribution in [0.5, 0.6) is 0 Å². The van der Waals surface area contributed by atoms with Crippen LogP contribution in [0.15, 0.2) is 24.3 Å². The largest absolute Gasteiger partial charge is 0.294 e. The number of unbranched alkanes of at least 4 members (excludes halogenated alkanes) is 1. The first kappa shape index (κ1) is 12.0. The van der Waals surface area contributed by atoms with Gasteiger partial charge in [-0.25, -0.2) is 0 Å². The summed E-state index contributed by atoms with van der Waals surface area (Å²) in [4.78, 5) is 11.6. The van der Waals surface area contributed by atoms with Gasteiger partial charge in [0.2, 0.25) is 0 Å². The molecule has 0 fully saturated rings. The lowest BCUT2D eigenvalue weighted by atomic mass is 10.0. The van der Waals surface area contributed by atoms with E-state index in [0.29, 0.717) is 6.42 Å². The molecular formula is C14H20O. The van der Waals surface area contributed by atoms with Crippen molar-refractivity contribution < 1.29 is 4.79 Å². The first-order chi connectivity index (χ1) is 7.27. The second-order valence-corrected chi connectivity index (χ2v) is 3.97. The van der Waals surface area contributed by atoms with Crippen LogP contribution in [0.1, 0.15) is 55.5 Å². The maximum absolute atomic E-state index is 11.6. The van der Waals surface area contributed by atoms with Crippen molar-refractivity contribution in [2.45, 2.75) is 46.0 Å². The van der Waals surface area contributed by atoms with Crippen LogP contribution in [-0.4, -0.2) is 5.78 Å². The van der Waals surface area contributed by atoms with Crippen molar-refractivity contribution in [2.24, 2.45) is 0 Å². The molecule has 1 rings (SSSR count). The lowest BCUT2D eigenvalue weighted by Crippen LogP contribution is -1.98. The van der Waals surface area contributed by atoms with Gasteiger partial charge in [-0.2, -0.15) is 0 Å². The topological polar surface area (TPSA) is 17.1 Å². The molecule has 0 aliphatic rings. The molecule has 0 atom stereocenters. The summed E-state index contributed by atoms with van der Waals surface area (Å²) in [5.41, 5.74) is 2.20. The Balaban J connectivity index is 2.59. The van der Waals surface area contributed by atoms with E-state index in [1.54, 1.807) is 0 Å². The number of benzene rings is 1. The zero-order valence-electron chi connectivity index (χ0n) is 9.75. The van der Waals surface area contributed by atoms with Gasteiger partial charge in [0.15, 0.2) is 5.78 Å². The van der Waals surface area contributed by atoms with E-state index < -0.39 is 0 Å². The second-order valence-electron chi connectivity index (χ2n) is 3.97. The van der Waals surface area contributed by atoms with Gasteiger partial charge in [0, 0.05) is 12.0 Å². The molecule has 0 bridgehead atoms. The molecular weight excluding hydrogens is 184 g/mol. The van der Waals surface area contributed by atoms with E-state index in [-0.39, 0.29) is 5.78 Å². The Morgan fingerprint density at radius 1 is 1.07 bits per heavy atom. The molecule has 82 valence electrons. The summed E-state index contributed by atoms with van der Waals surface area (Å²) in [6, 6.07) is 8.09. The van der Waals surface area contributed by atoms with Gasteiger partial charge < -0.3 is 0 Å². The lowest BCUT2D eigenvalue weighted by molar-refractivity contribution is 0.0982. The average Bonchev–Trinajstić information content (AvgIpc) is 2.27. The van der Waals surface area contributed by atoms with Crippen LogP contribution in [0, 0.1) is 0 Å². The number of rotatable bonds is 6. The van der Waals surface area contributed by atoms with Crippen molar-refractivity contribution in [2.75, 3.05) is 0 Å². The van der Waals surface area contributed by atoms with E-state index in [4.69, 9.17) is 0 Å². The van der Waals surface area contributed by atoms with E-state index >= 15 is 0 Å². The monoisotopic (exact) mass is 204 g/mol. The fourth-order valence-electron chi connectivity index (χ4n) is 1.61.